The van der Waals surface area contributed by atoms with Crippen molar-refractivity contribution in [2.75, 3.05) is 11.5 Å². The quantitative estimate of drug-likeness (QED) is 0.485. The highest BCUT2D eigenvalue weighted by atomic mass is 32.2. The number of hydrogen-bond donors (Lipinski definition) is 2. The molecule has 3 N–H and O–H groups in total. The maximum atomic E-state index is 10.3. The highest BCUT2D eigenvalue weighted by Crippen LogP contribution is 2.04. The molecule has 0 aliphatic rings. The van der Waals surface area contributed by atoms with Gasteiger partial charge in [0, 0.05) is 5.75 Å². The lowest BCUT2D eigenvalue weighted by molar-refractivity contribution is -0.137. The van der Waals surface area contributed by atoms with Gasteiger partial charge >= 0.3 is 5.97 Å². The summed E-state index contributed by atoms with van der Waals surface area (Å²) < 4.78 is 0. The van der Waals surface area contributed by atoms with Crippen LogP contribution in [0, 0.1) is 0 Å². The van der Waals surface area contributed by atoms with Crippen LogP contribution in [-0.2, 0) is 4.79 Å². The van der Waals surface area contributed by atoms with E-state index < -0.39 is 12.0 Å². The van der Waals surface area contributed by atoms with Gasteiger partial charge in [0.1, 0.15) is 6.04 Å². The van der Waals surface area contributed by atoms with Crippen molar-refractivity contribution in [3.8, 4) is 0 Å². The third-order valence-electron chi connectivity index (χ3n) is 1.28. The van der Waals surface area contributed by atoms with Crippen LogP contribution in [0.3, 0.4) is 0 Å². The van der Waals surface area contributed by atoms with Gasteiger partial charge in [0.05, 0.1) is 0 Å². The van der Waals surface area contributed by atoms with Gasteiger partial charge in [-0.25, -0.2) is 0 Å². The van der Waals surface area contributed by atoms with Crippen LogP contribution in [-0.4, -0.2) is 28.6 Å². The lowest BCUT2D eigenvalue weighted by Crippen LogP contribution is -2.32. The topological polar surface area (TPSA) is 63.3 Å². The second-order valence-corrected chi connectivity index (χ2v) is 3.53. The van der Waals surface area contributed by atoms with Gasteiger partial charge < -0.3 is 10.8 Å². The van der Waals surface area contributed by atoms with Crippen molar-refractivity contribution < 1.29 is 9.90 Å². The van der Waals surface area contributed by atoms with E-state index in [1.54, 1.807) is 11.8 Å². The van der Waals surface area contributed by atoms with Crippen LogP contribution < -0.4 is 5.73 Å². The molecule has 0 radical (unpaired) electrons. The second-order valence-electron chi connectivity index (χ2n) is 2.38. The largest absolute Gasteiger partial charge is 0.480 e. The molecule has 0 bridgehead atoms. The first-order valence-corrected chi connectivity index (χ1v) is 5.01. The minimum absolute atomic E-state index is 0.493. The predicted octanol–water partition coefficient (Wildman–Crippen LogP) is 1.10. The van der Waals surface area contributed by atoms with E-state index in [0.29, 0.717) is 5.75 Å². The minimum atomic E-state index is -0.923. The Morgan fingerprint density at radius 2 is 2.42 bits per heavy atom. The zero-order chi connectivity index (χ0) is 9.40. The number of hydrogen-bond acceptors (Lipinski definition) is 3. The molecule has 0 unspecified atom stereocenters. The van der Waals surface area contributed by atoms with E-state index in [-0.39, 0.29) is 0 Å². The van der Waals surface area contributed by atoms with Crippen molar-refractivity contribution in [2.45, 2.75) is 19.4 Å². The van der Waals surface area contributed by atoms with Crippen LogP contribution >= 0.6 is 11.8 Å². The smallest absolute Gasteiger partial charge is 0.321 e. The molecular weight excluding hydrogens is 174 g/mol. The average Bonchev–Trinajstić information content (AvgIpc) is 2.03. The molecule has 0 rings (SSSR count). The lowest BCUT2D eigenvalue weighted by Gasteiger charge is -2.03. The molecule has 70 valence electrons. The Bertz CT molecular complexity index is 159. The average molecular weight is 189 g/mol. The van der Waals surface area contributed by atoms with Crippen LogP contribution in [0.15, 0.2) is 12.2 Å². The fourth-order valence-corrected chi connectivity index (χ4v) is 1.47. The molecule has 0 aromatic rings. The maximum absolute atomic E-state index is 10.3. The minimum Gasteiger partial charge on any atom is -0.480 e. The van der Waals surface area contributed by atoms with Crippen LogP contribution in [0.2, 0.25) is 0 Å². The standard InChI is InChI=1S/C8H15NO2S/c1-2-3-4-5-12-6-7(9)8(10)11/h2-3,7H,4-6,9H2,1H3,(H,10,11)/b3-2+/t7-/m0/s1. The lowest BCUT2D eigenvalue weighted by atomic mass is 10.4. The summed E-state index contributed by atoms with van der Waals surface area (Å²) >= 11 is 1.57. The monoisotopic (exact) mass is 189 g/mol. The number of carbonyl (C=O) groups is 1. The highest BCUT2D eigenvalue weighted by Gasteiger charge is 2.09. The number of nitrogens with two attached hydrogens (primary N) is 1. The molecule has 0 aliphatic carbocycles. The number of aliphatic carboxylic acids is 1. The normalized spacial score (nSPS) is 13.5. The van der Waals surface area contributed by atoms with E-state index >= 15 is 0 Å². The van der Waals surface area contributed by atoms with E-state index in [0.717, 1.165) is 12.2 Å². The van der Waals surface area contributed by atoms with E-state index in [9.17, 15) is 4.79 Å². The summed E-state index contributed by atoms with van der Waals surface area (Å²) in [5.74, 6) is 0.506. The van der Waals surface area contributed by atoms with Crippen LogP contribution in [0.5, 0.6) is 0 Å². The highest BCUT2D eigenvalue weighted by molar-refractivity contribution is 7.99. The van der Waals surface area contributed by atoms with Gasteiger partial charge in [-0.3, -0.25) is 4.79 Å². The summed E-state index contributed by atoms with van der Waals surface area (Å²) in [5, 5.41) is 8.43. The molecule has 0 aromatic heterocycles. The van der Waals surface area contributed by atoms with Crippen molar-refractivity contribution >= 4 is 17.7 Å². The van der Waals surface area contributed by atoms with Crippen LogP contribution in [0.4, 0.5) is 0 Å². The summed E-state index contributed by atoms with van der Waals surface area (Å²) in [6.45, 7) is 1.97. The first kappa shape index (κ1) is 11.5. The fourth-order valence-electron chi connectivity index (χ4n) is 0.600. The van der Waals surface area contributed by atoms with Crippen LogP contribution in [0.1, 0.15) is 13.3 Å². The fraction of sp³-hybridized carbons (Fsp3) is 0.625. The molecule has 0 aromatic carbocycles. The molecule has 1 atom stereocenters. The Labute approximate surface area is 77.0 Å². The Morgan fingerprint density at radius 3 is 2.92 bits per heavy atom. The van der Waals surface area contributed by atoms with E-state index in [4.69, 9.17) is 10.8 Å². The molecule has 3 nitrogen and oxygen atoms in total. The first-order chi connectivity index (χ1) is 5.68. The molecule has 0 heterocycles. The Hall–Kier alpha value is -0.480. The van der Waals surface area contributed by atoms with Gasteiger partial charge in [0.2, 0.25) is 0 Å². The number of carboxylic acids is 1. The Kier molecular flexibility index (Phi) is 6.90. The van der Waals surface area contributed by atoms with Crippen molar-refractivity contribution in [2.24, 2.45) is 5.73 Å². The summed E-state index contributed by atoms with van der Waals surface area (Å²) in [5.41, 5.74) is 5.29. The number of rotatable bonds is 6. The van der Waals surface area contributed by atoms with E-state index in [1.807, 2.05) is 13.0 Å². The molecule has 0 spiro atoms. The van der Waals surface area contributed by atoms with Crippen LogP contribution in [0.25, 0.3) is 0 Å². The third-order valence-corrected chi connectivity index (χ3v) is 2.40. The third kappa shape index (κ3) is 6.24. The van der Waals surface area contributed by atoms with Gasteiger partial charge in [0.15, 0.2) is 0 Å². The van der Waals surface area contributed by atoms with Gasteiger partial charge in [0.25, 0.3) is 0 Å². The second kappa shape index (κ2) is 7.18. The Balaban J connectivity index is 3.25. The predicted molar refractivity (Wildman–Crippen MR) is 52.4 cm³/mol. The SMILES string of the molecule is C/C=C/CCSC[C@H](N)C(=O)O. The number of allylic oxidation sites excluding steroid dienone is 2. The molecule has 0 saturated heterocycles. The summed E-state index contributed by atoms with van der Waals surface area (Å²) in [7, 11) is 0. The summed E-state index contributed by atoms with van der Waals surface area (Å²) in [4.78, 5) is 10.3. The molecular formula is C8H15NO2S. The van der Waals surface area contributed by atoms with Crippen molar-refractivity contribution in [1.29, 1.82) is 0 Å². The van der Waals surface area contributed by atoms with Gasteiger partial charge in [-0.1, -0.05) is 12.2 Å². The van der Waals surface area contributed by atoms with Crippen molar-refractivity contribution in [3.63, 3.8) is 0 Å². The van der Waals surface area contributed by atoms with E-state index in [2.05, 4.69) is 6.08 Å². The zero-order valence-corrected chi connectivity index (χ0v) is 8.01. The number of thioether (sulfide) groups is 1. The molecule has 12 heavy (non-hydrogen) atoms. The number of carboxylic acid groups (broad SMARTS) is 1. The van der Waals surface area contributed by atoms with E-state index in [1.165, 1.54) is 0 Å². The van der Waals surface area contributed by atoms with Crippen molar-refractivity contribution in [3.05, 3.63) is 12.2 Å². The van der Waals surface area contributed by atoms with Gasteiger partial charge in [-0.15, -0.1) is 0 Å². The Morgan fingerprint density at radius 1 is 1.75 bits per heavy atom. The molecule has 0 saturated carbocycles. The summed E-state index contributed by atoms with van der Waals surface area (Å²) in [6, 6.07) is -0.722. The summed E-state index contributed by atoms with van der Waals surface area (Å²) in [6.07, 6.45) is 5.02. The van der Waals surface area contributed by atoms with Gasteiger partial charge in [-0.2, -0.15) is 11.8 Å². The zero-order valence-electron chi connectivity index (χ0n) is 7.19. The molecule has 0 aliphatic heterocycles. The molecule has 0 amide bonds. The maximum Gasteiger partial charge on any atom is 0.321 e. The molecule has 0 fully saturated rings. The van der Waals surface area contributed by atoms with Crippen molar-refractivity contribution in [1.82, 2.24) is 0 Å². The first-order valence-electron chi connectivity index (χ1n) is 3.85. The molecule has 4 heteroatoms. The van der Waals surface area contributed by atoms with Gasteiger partial charge in [-0.05, 0) is 19.1 Å².